The number of benzene rings is 1. The van der Waals surface area contributed by atoms with Crippen molar-refractivity contribution in [3.8, 4) is 0 Å². The maximum atomic E-state index is 12.8. The lowest BCUT2D eigenvalue weighted by Crippen LogP contribution is -2.54. The monoisotopic (exact) mass is 387 g/mol. The molecule has 1 heterocycles. The van der Waals surface area contributed by atoms with E-state index in [1.165, 1.54) is 0 Å². The second-order valence-corrected chi connectivity index (χ2v) is 7.54. The van der Waals surface area contributed by atoms with Crippen LogP contribution in [0.25, 0.3) is 0 Å². The molecule has 1 aromatic carbocycles. The van der Waals surface area contributed by atoms with Crippen LogP contribution in [-0.4, -0.2) is 62.0 Å². The molecule has 28 heavy (non-hydrogen) atoms. The second kappa shape index (κ2) is 9.68. The highest BCUT2D eigenvalue weighted by Crippen LogP contribution is 2.33. The summed E-state index contributed by atoms with van der Waals surface area (Å²) < 4.78 is 4.99. The molecule has 0 aromatic heterocycles. The van der Waals surface area contributed by atoms with Crippen molar-refractivity contribution in [2.45, 2.75) is 31.7 Å². The SMILES string of the molecule is COCCNC(=O)C(NC(=O)c1ccccc1)C1CCN(C(=O)C2CC2)CC1. The Morgan fingerprint density at radius 2 is 1.79 bits per heavy atom. The molecule has 1 unspecified atom stereocenters. The third-order valence-electron chi connectivity index (χ3n) is 5.46. The molecular formula is C21H29N3O4. The van der Waals surface area contributed by atoms with Gasteiger partial charge in [0.05, 0.1) is 6.61 Å². The van der Waals surface area contributed by atoms with Crippen molar-refractivity contribution < 1.29 is 19.1 Å². The summed E-state index contributed by atoms with van der Waals surface area (Å²) in [5.41, 5.74) is 0.526. The van der Waals surface area contributed by atoms with Gasteiger partial charge in [0.1, 0.15) is 6.04 Å². The van der Waals surface area contributed by atoms with Crippen LogP contribution in [-0.2, 0) is 14.3 Å². The molecule has 7 nitrogen and oxygen atoms in total. The Labute approximate surface area is 165 Å². The summed E-state index contributed by atoms with van der Waals surface area (Å²) in [5.74, 6) is -0.00826. The van der Waals surface area contributed by atoms with Gasteiger partial charge in [0, 0.05) is 38.2 Å². The third kappa shape index (κ3) is 5.32. The quantitative estimate of drug-likeness (QED) is 0.656. The molecule has 3 rings (SSSR count). The first-order valence-corrected chi connectivity index (χ1v) is 10.0. The third-order valence-corrected chi connectivity index (χ3v) is 5.46. The van der Waals surface area contributed by atoms with Crippen LogP contribution in [0.5, 0.6) is 0 Å². The Kier molecular flexibility index (Phi) is 7.03. The number of ether oxygens (including phenoxy) is 1. The zero-order valence-electron chi connectivity index (χ0n) is 16.4. The fourth-order valence-corrected chi connectivity index (χ4v) is 3.64. The lowest BCUT2D eigenvalue weighted by molar-refractivity contribution is -0.134. The van der Waals surface area contributed by atoms with Gasteiger partial charge in [-0.3, -0.25) is 14.4 Å². The molecule has 1 aromatic rings. The average Bonchev–Trinajstić information content (AvgIpc) is 3.57. The van der Waals surface area contributed by atoms with Crippen molar-refractivity contribution in [2.75, 3.05) is 33.4 Å². The van der Waals surface area contributed by atoms with Crippen LogP contribution in [0.1, 0.15) is 36.0 Å². The molecular weight excluding hydrogens is 358 g/mol. The Balaban J connectivity index is 1.63. The molecule has 152 valence electrons. The van der Waals surface area contributed by atoms with Gasteiger partial charge in [-0.1, -0.05) is 18.2 Å². The zero-order chi connectivity index (χ0) is 19.9. The number of carbonyl (C=O) groups excluding carboxylic acids is 3. The molecule has 1 saturated carbocycles. The molecule has 1 aliphatic carbocycles. The molecule has 0 bridgehead atoms. The van der Waals surface area contributed by atoms with E-state index in [4.69, 9.17) is 4.74 Å². The predicted octanol–water partition coefficient (Wildman–Crippen LogP) is 1.20. The first-order valence-electron chi connectivity index (χ1n) is 10.0. The molecule has 3 amide bonds. The normalized spacial score (nSPS) is 18.4. The number of nitrogens with zero attached hydrogens (tertiary/aromatic N) is 1. The molecule has 7 heteroatoms. The molecule has 0 radical (unpaired) electrons. The largest absolute Gasteiger partial charge is 0.383 e. The van der Waals surface area contributed by atoms with E-state index in [0.717, 1.165) is 12.8 Å². The summed E-state index contributed by atoms with van der Waals surface area (Å²) in [6.07, 6.45) is 3.40. The van der Waals surface area contributed by atoms with Crippen molar-refractivity contribution in [1.29, 1.82) is 0 Å². The Morgan fingerprint density at radius 1 is 1.11 bits per heavy atom. The number of amides is 3. The minimum Gasteiger partial charge on any atom is -0.383 e. The molecule has 1 aliphatic heterocycles. The fourth-order valence-electron chi connectivity index (χ4n) is 3.64. The van der Waals surface area contributed by atoms with Crippen molar-refractivity contribution in [2.24, 2.45) is 11.8 Å². The van der Waals surface area contributed by atoms with Crippen LogP contribution < -0.4 is 10.6 Å². The van der Waals surface area contributed by atoms with E-state index in [2.05, 4.69) is 10.6 Å². The smallest absolute Gasteiger partial charge is 0.251 e. The van der Waals surface area contributed by atoms with Crippen LogP contribution in [0.3, 0.4) is 0 Å². The number of hydrogen-bond acceptors (Lipinski definition) is 4. The van der Waals surface area contributed by atoms with Crippen molar-refractivity contribution in [3.05, 3.63) is 35.9 Å². The van der Waals surface area contributed by atoms with Crippen molar-refractivity contribution in [1.82, 2.24) is 15.5 Å². The van der Waals surface area contributed by atoms with Gasteiger partial charge in [-0.15, -0.1) is 0 Å². The number of likely N-dealkylation sites (tertiary alicyclic amines) is 1. The predicted molar refractivity (Wildman–Crippen MR) is 105 cm³/mol. The van der Waals surface area contributed by atoms with Crippen LogP contribution in [0.2, 0.25) is 0 Å². The van der Waals surface area contributed by atoms with Crippen LogP contribution in [0, 0.1) is 11.8 Å². The number of methoxy groups -OCH3 is 1. The van der Waals surface area contributed by atoms with Gasteiger partial charge in [-0.2, -0.15) is 0 Å². The van der Waals surface area contributed by atoms with Gasteiger partial charge in [-0.25, -0.2) is 0 Å². The van der Waals surface area contributed by atoms with Crippen LogP contribution in [0.4, 0.5) is 0 Å². The summed E-state index contributed by atoms with van der Waals surface area (Å²) in [5, 5.41) is 5.75. The topological polar surface area (TPSA) is 87.7 Å². The summed E-state index contributed by atoms with van der Waals surface area (Å²) in [6.45, 7) is 2.09. The summed E-state index contributed by atoms with van der Waals surface area (Å²) in [7, 11) is 1.58. The summed E-state index contributed by atoms with van der Waals surface area (Å²) >= 11 is 0. The van der Waals surface area contributed by atoms with E-state index in [1.54, 1.807) is 31.4 Å². The van der Waals surface area contributed by atoms with E-state index in [0.29, 0.717) is 44.6 Å². The van der Waals surface area contributed by atoms with Gasteiger partial charge < -0.3 is 20.3 Å². The molecule has 1 atom stereocenters. The van der Waals surface area contributed by atoms with E-state index in [9.17, 15) is 14.4 Å². The van der Waals surface area contributed by atoms with Gasteiger partial charge in [-0.05, 0) is 43.7 Å². The Hall–Kier alpha value is -2.41. The van der Waals surface area contributed by atoms with E-state index in [-0.39, 0.29) is 29.6 Å². The highest BCUT2D eigenvalue weighted by molar-refractivity contribution is 5.97. The number of rotatable bonds is 8. The first-order chi connectivity index (χ1) is 13.6. The first kappa shape index (κ1) is 20.3. The van der Waals surface area contributed by atoms with Crippen molar-refractivity contribution in [3.63, 3.8) is 0 Å². The van der Waals surface area contributed by atoms with Gasteiger partial charge in [0.2, 0.25) is 11.8 Å². The van der Waals surface area contributed by atoms with Crippen molar-refractivity contribution >= 4 is 17.7 Å². The van der Waals surface area contributed by atoms with Crippen LogP contribution >= 0.6 is 0 Å². The summed E-state index contributed by atoms with van der Waals surface area (Å²) in [4.78, 5) is 39.6. The van der Waals surface area contributed by atoms with Gasteiger partial charge >= 0.3 is 0 Å². The standard InChI is InChI=1S/C21H29N3O4/c1-28-14-11-22-20(26)18(23-19(25)16-5-3-2-4-6-16)15-9-12-24(13-10-15)21(27)17-7-8-17/h2-6,15,17-18H,7-14H2,1H3,(H,22,26)(H,23,25). The number of carbonyl (C=O) groups is 3. The molecule has 2 N–H and O–H groups in total. The maximum Gasteiger partial charge on any atom is 0.251 e. The second-order valence-electron chi connectivity index (χ2n) is 7.54. The molecule has 0 spiro atoms. The van der Waals surface area contributed by atoms with Gasteiger partial charge in [0.25, 0.3) is 5.91 Å². The maximum absolute atomic E-state index is 12.8. The van der Waals surface area contributed by atoms with E-state index in [1.807, 2.05) is 11.0 Å². The molecule has 2 aliphatic rings. The lowest BCUT2D eigenvalue weighted by Gasteiger charge is -2.36. The van der Waals surface area contributed by atoms with E-state index >= 15 is 0 Å². The molecule has 1 saturated heterocycles. The average molecular weight is 387 g/mol. The lowest BCUT2D eigenvalue weighted by atomic mass is 9.88. The highest BCUT2D eigenvalue weighted by Gasteiger charge is 2.38. The number of hydrogen-bond donors (Lipinski definition) is 2. The minimum atomic E-state index is -0.622. The number of nitrogens with one attached hydrogen (secondary N) is 2. The van der Waals surface area contributed by atoms with Gasteiger partial charge in [0.15, 0.2) is 0 Å². The molecule has 2 fully saturated rings. The van der Waals surface area contributed by atoms with Crippen LogP contribution in [0.15, 0.2) is 30.3 Å². The number of piperidine rings is 1. The minimum absolute atomic E-state index is 0.00143. The van der Waals surface area contributed by atoms with E-state index < -0.39 is 6.04 Å². The summed E-state index contributed by atoms with van der Waals surface area (Å²) in [6, 6.07) is 8.27. The Bertz CT molecular complexity index is 682. The Morgan fingerprint density at radius 3 is 2.39 bits per heavy atom. The highest BCUT2D eigenvalue weighted by atomic mass is 16.5. The fraction of sp³-hybridized carbons (Fsp3) is 0.571. The zero-order valence-corrected chi connectivity index (χ0v) is 16.4.